The molecule has 0 aliphatic rings. The van der Waals surface area contributed by atoms with E-state index in [0.29, 0.717) is 0 Å². The summed E-state index contributed by atoms with van der Waals surface area (Å²) in [6.07, 6.45) is 5.24. The van der Waals surface area contributed by atoms with Gasteiger partial charge in [-0.2, -0.15) is 0 Å². The van der Waals surface area contributed by atoms with Crippen LogP contribution in [0.3, 0.4) is 0 Å². The fourth-order valence-electron chi connectivity index (χ4n) is 0.772. The van der Waals surface area contributed by atoms with Crippen LogP contribution in [0.2, 0.25) is 0 Å². The van der Waals surface area contributed by atoms with Crippen LogP contribution in [0.15, 0.2) is 0 Å². The van der Waals surface area contributed by atoms with Gasteiger partial charge in [0, 0.05) is 0 Å². The highest BCUT2D eigenvalue weighted by Crippen LogP contribution is 2.09. The Morgan fingerprint density at radius 3 is 2.67 bits per heavy atom. The van der Waals surface area contributed by atoms with Crippen LogP contribution in [0, 0.1) is 5.92 Å². The molecule has 0 rings (SSSR count). The van der Waals surface area contributed by atoms with Gasteiger partial charge in [0.15, 0.2) is 0 Å². The molecule has 0 spiro atoms. The first-order chi connectivity index (χ1) is 4.31. The third kappa shape index (κ3) is 6.05. The minimum Gasteiger partial charge on any atom is -0.127 e. The molecule has 0 fully saturated rings. The molecule has 0 N–H and O–H groups in total. The van der Waals surface area contributed by atoms with Gasteiger partial charge >= 0.3 is 0 Å². The van der Waals surface area contributed by atoms with Crippen LogP contribution in [-0.2, 0) is 0 Å². The van der Waals surface area contributed by atoms with Gasteiger partial charge in [-0.15, -0.1) is 8.86 Å². The van der Waals surface area contributed by atoms with Crippen molar-refractivity contribution in [1.82, 2.24) is 0 Å². The smallest absolute Gasteiger partial charge is 0.0310 e. The standard InChI is InChI=1S/C8H17P/c1-3-8(2)6-4-5-7-9/h7-9H,3-6H2,1-2H3. The minimum absolute atomic E-state index is 0.914. The number of hydrogen-bond donors (Lipinski definition) is 0. The molecular formula is C8H17P. The van der Waals surface area contributed by atoms with Crippen molar-refractivity contribution in [3.63, 3.8) is 0 Å². The molecule has 0 saturated carbocycles. The third-order valence-corrected chi connectivity index (χ3v) is 2.03. The monoisotopic (exact) mass is 144 g/mol. The SMILES string of the molecule is CCC(C)CCCC=P. The summed E-state index contributed by atoms with van der Waals surface area (Å²) < 4.78 is 0. The summed E-state index contributed by atoms with van der Waals surface area (Å²) in [5.74, 6) is 2.97. The molecule has 0 bridgehead atoms. The van der Waals surface area contributed by atoms with E-state index in [1.807, 2.05) is 0 Å². The molecule has 0 aromatic heterocycles. The Kier molecular flexibility index (Phi) is 6.41. The average Bonchev–Trinajstić information content (AvgIpc) is 1.89. The lowest BCUT2D eigenvalue weighted by Gasteiger charge is -2.04. The molecule has 0 aliphatic heterocycles. The molecular weight excluding hydrogens is 127 g/mol. The van der Waals surface area contributed by atoms with Gasteiger partial charge in [0.05, 0.1) is 0 Å². The molecule has 0 radical (unpaired) electrons. The summed E-state index contributed by atoms with van der Waals surface area (Å²) >= 11 is 0. The van der Waals surface area contributed by atoms with Crippen LogP contribution in [0.4, 0.5) is 0 Å². The van der Waals surface area contributed by atoms with E-state index >= 15 is 0 Å². The Balaban J connectivity index is 2.96. The van der Waals surface area contributed by atoms with Crippen molar-refractivity contribution in [3.05, 3.63) is 0 Å². The van der Waals surface area contributed by atoms with E-state index in [1.54, 1.807) is 0 Å². The van der Waals surface area contributed by atoms with Gasteiger partial charge in [-0.25, -0.2) is 0 Å². The quantitative estimate of drug-likeness (QED) is 0.410. The summed E-state index contributed by atoms with van der Waals surface area (Å²) in [6, 6.07) is 0. The Morgan fingerprint density at radius 2 is 2.22 bits per heavy atom. The number of hydrogen-bond acceptors (Lipinski definition) is 0. The first-order valence-electron chi connectivity index (χ1n) is 3.80. The molecule has 1 atom stereocenters. The van der Waals surface area contributed by atoms with Crippen molar-refractivity contribution in [2.45, 2.75) is 39.5 Å². The van der Waals surface area contributed by atoms with Crippen LogP contribution in [-0.4, -0.2) is 5.80 Å². The van der Waals surface area contributed by atoms with E-state index in [2.05, 4.69) is 28.5 Å². The molecule has 0 aromatic rings. The van der Waals surface area contributed by atoms with Gasteiger partial charge in [-0.05, 0) is 18.8 Å². The van der Waals surface area contributed by atoms with Crippen molar-refractivity contribution >= 4 is 14.7 Å². The normalized spacial score (nSPS) is 13.1. The van der Waals surface area contributed by atoms with Crippen LogP contribution >= 0.6 is 8.86 Å². The fraction of sp³-hybridized carbons (Fsp3) is 0.875. The summed E-state index contributed by atoms with van der Waals surface area (Å²) in [7, 11) is 3.34. The van der Waals surface area contributed by atoms with Crippen LogP contribution in [0.1, 0.15) is 39.5 Å². The summed E-state index contributed by atoms with van der Waals surface area (Å²) in [6.45, 7) is 4.57. The zero-order valence-electron chi connectivity index (χ0n) is 6.48. The first-order valence-corrected chi connectivity index (χ1v) is 4.38. The van der Waals surface area contributed by atoms with Gasteiger partial charge in [-0.1, -0.05) is 32.5 Å². The lowest BCUT2D eigenvalue weighted by Crippen LogP contribution is -1.90. The highest BCUT2D eigenvalue weighted by atomic mass is 31.0. The molecule has 0 aliphatic carbocycles. The maximum atomic E-state index is 3.34. The number of rotatable bonds is 5. The predicted molar refractivity (Wildman–Crippen MR) is 47.7 cm³/mol. The predicted octanol–water partition coefficient (Wildman–Crippen LogP) is 3.15. The molecule has 0 aromatic carbocycles. The Hall–Kier alpha value is 0.170. The van der Waals surface area contributed by atoms with Crippen molar-refractivity contribution < 1.29 is 0 Å². The lowest BCUT2D eigenvalue weighted by atomic mass is 10.0. The van der Waals surface area contributed by atoms with Gasteiger partial charge in [0.25, 0.3) is 0 Å². The van der Waals surface area contributed by atoms with E-state index in [0.717, 1.165) is 5.92 Å². The molecule has 0 saturated heterocycles. The third-order valence-electron chi connectivity index (χ3n) is 1.74. The number of unbranched alkanes of at least 4 members (excludes halogenated alkanes) is 1. The van der Waals surface area contributed by atoms with Crippen molar-refractivity contribution in [1.29, 1.82) is 0 Å². The van der Waals surface area contributed by atoms with E-state index in [9.17, 15) is 0 Å². The second kappa shape index (κ2) is 6.29. The lowest BCUT2D eigenvalue weighted by molar-refractivity contribution is 0.503. The maximum Gasteiger partial charge on any atom is -0.0310 e. The molecule has 54 valence electrons. The van der Waals surface area contributed by atoms with E-state index < -0.39 is 0 Å². The summed E-state index contributed by atoms with van der Waals surface area (Å²) in [5, 5.41) is 0. The fourth-order valence-corrected chi connectivity index (χ4v) is 0.977. The van der Waals surface area contributed by atoms with Crippen molar-refractivity contribution in [2.24, 2.45) is 5.92 Å². The second-order valence-electron chi connectivity index (χ2n) is 2.65. The zero-order valence-corrected chi connectivity index (χ0v) is 7.48. The maximum absolute atomic E-state index is 3.34. The van der Waals surface area contributed by atoms with Crippen molar-refractivity contribution in [3.8, 4) is 0 Å². The van der Waals surface area contributed by atoms with Gasteiger partial charge in [-0.3, -0.25) is 0 Å². The Bertz CT molecular complexity index is 69.0. The van der Waals surface area contributed by atoms with Crippen LogP contribution < -0.4 is 0 Å². The molecule has 0 amide bonds. The minimum atomic E-state index is 0.914. The van der Waals surface area contributed by atoms with Crippen molar-refractivity contribution in [2.75, 3.05) is 0 Å². The molecule has 1 unspecified atom stereocenters. The molecule has 0 nitrogen and oxygen atoms in total. The first kappa shape index (κ1) is 9.17. The van der Waals surface area contributed by atoms with Crippen LogP contribution in [0.5, 0.6) is 0 Å². The average molecular weight is 144 g/mol. The van der Waals surface area contributed by atoms with E-state index in [4.69, 9.17) is 0 Å². The second-order valence-corrected chi connectivity index (χ2v) is 3.06. The molecule has 9 heavy (non-hydrogen) atoms. The highest BCUT2D eigenvalue weighted by molar-refractivity contribution is 7.18. The zero-order chi connectivity index (χ0) is 7.11. The Labute approximate surface area is 60.9 Å². The van der Waals surface area contributed by atoms with E-state index in [1.165, 1.54) is 25.7 Å². The Morgan fingerprint density at radius 1 is 1.56 bits per heavy atom. The van der Waals surface area contributed by atoms with E-state index in [-0.39, 0.29) is 0 Å². The summed E-state index contributed by atoms with van der Waals surface area (Å²) in [4.78, 5) is 0. The topological polar surface area (TPSA) is 0 Å². The van der Waals surface area contributed by atoms with Gasteiger partial charge in [0.1, 0.15) is 0 Å². The van der Waals surface area contributed by atoms with Crippen LogP contribution in [0.25, 0.3) is 0 Å². The molecule has 0 heterocycles. The van der Waals surface area contributed by atoms with Gasteiger partial charge < -0.3 is 0 Å². The largest absolute Gasteiger partial charge is 0.127 e. The summed E-state index contributed by atoms with van der Waals surface area (Å²) in [5.41, 5.74) is 0. The van der Waals surface area contributed by atoms with Gasteiger partial charge in [0.2, 0.25) is 0 Å². The highest BCUT2D eigenvalue weighted by Gasteiger charge is 1.95. The molecule has 1 heteroatoms.